The van der Waals surface area contributed by atoms with Gasteiger partial charge in [-0.15, -0.1) is 0 Å². The zero-order chi connectivity index (χ0) is 25.6. The van der Waals surface area contributed by atoms with Crippen LogP contribution in [0.2, 0.25) is 0 Å². The average molecular weight is 512 g/mol. The quantitative estimate of drug-likeness (QED) is 0.204. The first-order chi connectivity index (χ1) is 16.0. The number of nitrogens with zero attached hydrogens (tertiary/aromatic N) is 1. The van der Waals surface area contributed by atoms with E-state index in [1.165, 1.54) is 13.2 Å². The number of alkyl halides is 3. The number of esters is 1. The van der Waals surface area contributed by atoms with Crippen LogP contribution in [-0.2, 0) is 33.8 Å². The van der Waals surface area contributed by atoms with E-state index in [9.17, 15) is 31.2 Å². The molecule has 0 radical (unpaired) electrons. The minimum atomic E-state index is -5.04. The molecule has 14 heteroatoms. The topological polar surface area (TPSA) is 123 Å². The SMILES string of the molecule is COC(=O)/C=C/CN(C)CCOCCOCCNS(=O)(=O)c1ccc(NC(=O)C(F)(F)F)cc1. The third-order valence-electron chi connectivity index (χ3n) is 4.08. The largest absolute Gasteiger partial charge is 0.471 e. The van der Waals surface area contributed by atoms with Gasteiger partial charge in [0.25, 0.3) is 0 Å². The summed E-state index contributed by atoms with van der Waals surface area (Å²) in [6, 6.07) is 4.26. The highest BCUT2D eigenvalue weighted by Crippen LogP contribution is 2.19. The molecule has 0 saturated heterocycles. The summed E-state index contributed by atoms with van der Waals surface area (Å²) >= 11 is 0. The highest BCUT2D eigenvalue weighted by Gasteiger charge is 2.38. The van der Waals surface area contributed by atoms with Crippen LogP contribution < -0.4 is 10.0 Å². The van der Waals surface area contributed by atoms with Gasteiger partial charge in [0.2, 0.25) is 10.0 Å². The summed E-state index contributed by atoms with van der Waals surface area (Å²) in [5.41, 5.74) is -0.187. The first-order valence-electron chi connectivity index (χ1n) is 10.0. The molecule has 10 nitrogen and oxygen atoms in total. The normalized spacial score (nSPS) is 12.3. The molecular formula is C20H28F3N3O7S. The summed E-state index contributed by atoms with van der Waals surface area (Å²) in [6.45, 7) is 2.25. The van der Waals surface area contributed by atoms with Crippen LogP contribution in [0.25, 0.3) is 0 Å². The van der Waals surface area contributed by atoms with Crippen LogP contribution in [0.5, 0.6) is 0 Å². The number of anilines is 1. The Hall–Kier alpha value is -2.52. The molecule has 192 valence electrons. The van der Waals surface area contributed by atoms with Crippen molar-refractivity contribution in [2.75, 3.05) is 65.5 Å². The summed E-state index contributed by atoms with van der Waals surface area (Å²) < 4.78 is 78.6. The third-order valence-corrected chi connectivity index (χ3v) is 5.56. The molecule has 0 aliphatic rings. The second kappa shape index (κ2) is 14.7. The molecule has 0 unspecified atom stereocenters. The predicted molar refractivity (Wildman–Crippen MR) is 117 cm³/mol. The lowest BCUT2D eigenvalue weighted by atomic mass is 10.3. The second-order valence-corrected chi connectivity index (χ2v) is 8.55. The molecule has 0 fully saturated rings. The number of carbonyl (C=O) groups excluding carboxylic acids is 2. The first kappa shape index (κ1) is 29.5. The molecule has 2 N–H and O–H groups in total. The summed E-state index contributed by atoms with van der Waals surface area (Å²) in [6.07, 6.45) is -2.03. The Bertz CT molecular complexity index is 907. The van der Waals surface area contributed by atoms with Crippen molar-refractivity contribution in [1.29, 1.82) is 0 Å². The molecule has 0 atom stereocenters. The van der Waals surface area contributed by atoms with Gasteiger partial charge in [0.1, 0.15) is 0 Å². The van der Waals surface area contributed by atoms with Gasteiger partial charge in [-0.05, 0) is 31.3 Å². The monoisotopic (exact) mass is 511 g/mol. The van der Waals surface area contributed by atoms with Crippen LogP contribution in [0.1, 0.15) is 0 Å². The van der Waals surface area contributed by atoms with E-state index in [4.69, 9.17) is 9.47 Å². The fraction of sp³-hybridized carbons (Fsp3) is 0.500. The first-order valence-corrected chi connectivity index (χ1v) is 11.5. The fourth-order valence-electron chi connectivity index (χ4n) is 2.28. The molecule has 0 aromatic heterocycles. The number of methoxy groups -OCH3 is 1. The van der Waals surface area contributed by atoms with E-state index in [-0.39, 0.29) is 30.3 Å². The second-order valence-electron chi connectivity index (χ2n) is 6.79. The Kier molecular flexibility index (Phi) is 12.7. The summed E-state index contributed by atoms with van der Waals surface area (Å²) in [5, 5.41) is 1.63. The molecule has 0 bridgehead atoms. The maximum absolute atomic E-state index is 12.2. The maximum Gasteiger partial charge on any atom is 0.471 e. The van der Waals surface area contributed by atoms with Crippen LogP contribution in [0, 0.1) is 0 Å². The third kappa shape index (κ3) is 12.1. The van der Waals surface area contributed by atoms with Gasteiger partial charge in [-0.3, -0.25) is 4.79 Å². The van der Waals surface area contributed by atoms with E-state index in [0.29, 0.717) is 26.3 Å². The Morgan fingerprint density at radius 3 is 2.26 bits per heavy atom. The highest BCUT2D eigenvalue weighted by atomic mass is 32.2. The van der Waals surface area contributed by atoms with E-state index in [1.807, 2.05) is 11.9 Å². The number of ether oxygens (including phenoxy) is 3. The number of sulfonamides is 1. The molecule has 0 saturated carbocycles. The van der Waals surface area contributed by atoms with E-state index in [1.54, 1.807) is 11.4 Å². The van der Waals surface area contributed by atoms with Gasteiger partial charge in [-0.2, -0.15) is 13.2 Å². The molecule has 1 aromatic rings. The summed E-state index contributed by atoms with van der Waals surface area (Å²) in [4.78, 5) is 23.6. The van der Waals surface area contributed by atoms with Crippen molar-refractivity contribution in [3.8, 4) is 0 Å². The molecule has 0 aliphatic heterocycles. The Morgan fingerprint density at radius 1 is 1.06 bits per heavy atom. The molecule has 34 heavy (non-hydrogen) atoms. The van der Waals surface area contributed by atoms with Crippen molar-refractivity contribution in [1.82, 2.24) is 9.62 Å². The van der Waals surface area contributed by atoms with Crippen molar-refractivity contribution < 1.29 is 45.4 Å². The molecular weight excluding hydrogens is 483 g/mol. The van der Waals surface area contributed by atoms with Gasteiger partial charge in [-0.1, -0.05) is 6.08 Å². The number of amides is 1. The number of carbonyl (C=O) groups is 2. The average Bonchev–Trinajstić information content (AvgIpc) is 2.77. The zero-order valence-corrected chi connectivity index (χ0v) is 19.6. The molecule has 1 aromatic carbocycles. The maximum atomic E-state index is 12.2. The standard InChI is InChI=1S/C20H28F3N3O7S/c1-26(10-3-4-18(27)31-2)11-13-33-15-14-32-12-9-24-34(29,30)17-7-5-16(6-8-17)25-19(28)20(21,22)23/h3-8,24H,9-15H2,1-2H3,(H,25,28)/b4-3+. The summed E-state index contributed by atoms with van der Waals surface area (Å²) in [7, 11) is -0.733. The van der Waals surface area contributed by atoms with Crippen LogP contribution in [0.4, 0.5) is 18.9 Å². The Labute approximate surface area is 196 Å². The number of rotatable bonds is 15. The number of nitrogens with one attached hydrogen (secondary N) is 2. The van der Waals surface area contributed by atoms with E-state index in [2.05, 4.69) is 9.46 Å². The Morgan fingerprint density at radius 2 is 1.68 bits per heavy atom. The number of halogens is 3. The number of benzene rings is 1. The lowest BCUT2D eigenvalue weighted by Crippen LogP contribution is -2.30. The molecule has 0 heterocycles. The number of hydrogen-bond acceptors (Lipinski definition) is 8. The smallest absolute Gasteiger partial charge is 0.466 e. The van der Waals surface area contributed by atoms with Crippen LogP contribution in [0.15, 0.2) is 41.3 Å². The fourth-order valence-corrected chi connectivity index (χ4v) is 3.29. The lowest BCUT2D eigenvalue weighted by Gasteiger charge is -2.14. The van der Waals surface area contributed by atoms with Crippen molar-refractivity contribution in [2.24, 2.45) is 0 Å². The molecule has 1 amide bonds. The van der Waals surface area contributed by atoms with Crippen molar-refractivity contribution >= 4 is 27.6 Å². The van der Waals surface area contributed by atoms with Gasteiger partial charge in [0, 0.05) is 31.4 Å². The minimum absolute atomic E-state index is 0.0236. The van der Waals surface area contributed by atoms with Gasteiger partial charge >= 0.3 is 18.1 Å². The zero-order valence-electron chi connectivity index (χ0n) is 18.8. The number of likely N-dealkylation sites (N-methyl/N-ethyl adjacent to an activating group) is 1. The Balaban J connectivity index is 2.20. The lowest BCUT2D eigenvalue weighted by molar-refractivity contribution is -0.167. The van der Waals surface area contributed by atoms with Crippen LogP contribution >= 0.6 is 0 Å². The van der Waals surface area contributed by atoms with Gasteiger partial charge in [0.15, 0.2) is 0 Å². The van der Waals surface area contributed by atoms with Crippen molar-refractivity contribution in [3.05, 3.63) is 36.4 Å². The van der Waals surface area contributed by atoms with E-state index < -0.39 is 28.1 Å². The highest BCUT2D eigenvalue weighted by molar-refractivity contribution is 7.89. The van der Waals surface area contributed by atoms with Crippen LogP contribution in [-0.4, -0.2) is 91.6 Å². The van der Waals surface area contributed by atoms with Gasteiger partial charge < -0.3 is 24.4 Å². The van der Waals surface area contributed by atoms with Gasteiger partial charge in [-0.25, -0.2) is 17.9 Å². The molecule has 0 spiro atoms. The summed E-state index contributed by atoms with van der Waals surface area (Å²) in [5.74, 6) is -2.57. The van der Waals surface area contributed by atoms with E-state index in [0.717, 1.165) is 24.3 Å². The minimum Gasteiger partial charge on any atom is -0.466 e. The van der Waals surface area contributed by atoms with Gasteiger partial charge in [0.05, 0.1) is 38.4 Å². The van der Waals surface area contributed by atoms with Crippen molar-refractivity contribution in [2.45, 2.75) is 11.1 Å². The molecule has 1 rings (SSSR count). The van der Waals surface area contributed by atoms with E-state index >= 15 is 0 Å². The number of hydrogen-bond donors (Lipinski definition) is 2. The molecule has 0 aliphatic carbocycles. The van der Waals surface area contributed by atoms with Crippen molar-refractivity contribution in [3.63, 3.8) is 0 Å². The predicted octanol–water partition coefficient (Wildman–Crippen LogP) is 1.16. The van der Waals surface area contributed by atoms with Crippen LogP contribution in [0.3, 0.4) is 0 Å².